The molecule has 0 fully saturated rings. The second-order valence-corrected chi connectivity index (χ2v) is 7.15. The molecule has 0 bridgehead atoms. The van der Waals surface area contributed by atoms with E-state index in [0.717, 1.165) is 10.7 Å². The highest BCUT2D eigenvalue weighted by atomic mass is 79.9. The largest absolute Gasteiger partial charge is 0.351 e. The van der Waals surface area contributed by atoms with Gasteiger partial charge in [-0.25, -0.2) is 13.1 Å². The number of benzene rings is 1. The first-order valence-corrected chi connectivity index (χ1v) is 8.45. The topological polar surface area (TPSA) is 75.3 Å². The molecule has 0 unspecified atom stereocenters. The smallest absolute Gasteiger partial charge is 0.252 e. The van der Waals surface area contributed by atoms with Crippen molar-refractivity contribution in [2.75, 3.05) is 19.3 Å². The number of halogens is 2. The maximum atomic E-state index is 11.8. The van der Waals surface area contributed by atoms with Crippen LogP contribution in [0.15, 0.2) is 27.1 Å². The summed E-state index contributed by atoms with van der Waals surface area (Å²) in [4.78, 5) is 11.8. The Bertz CT molecular complexity index is 546. The molecule has 5 nitrogen and oxygen atoms in total. The lowest BCUT2D eigenvalue weighted by molar-refractivity contribution is 0.0953. The summed E-state index contributed by atoms with van der Waals surface area (Å²) in [7, 11) is -3.22. The van der Waals surface area contributed by atoms with Gasteiger partial charge in [-0.05, 0) is 34.1 Å². The van der Waals surface area contributed by atoms with Gasteiger partial charge < -0.3 is 5.32 Å². The fourth-order valence-corrected chi connectivity index (χ4v) is 2.44. The van der Waals surface area contributed by atoms with Gasteiger partial charge in [0.2, 0.25) is 10.0 Å². The summed E-state index contributed by atoms with van der Waals surface area (Å²) >= 11 is 6.56. The summed E-state index contributed by atoms with van der Waals surface area (Å²) in [5.74, 6) is -0.265. The van der Waals surface area contributed by atoms with Crippen molar-refractivity contribution in [2.24, 2.45) is 0 Å². The molecule has 0 radical (unpaired) electrons. The van der Waals surface area contributed by atoms with Crippen LogP contribution in [-0.4, -0.2) is 33.7 Å². The molecule has 0 aromatic heterocycles. The molecule has 0 atom stereocenters. The van der Waals surface area contributed by atoms with Gasteiger partial charge in [-0.3, -0.25) is 4.79 Å². The number of carbonyl (C=O) groups is 1. The van der Waals surface area contributed by atoms with Crippen molar-refractivity contribution in [3.8, 4) is 0 Å². The van der Waals surface area contributed by atoms with Crippen molar-refractivity contribution in [3.63, 3.8) is 0 Å². The van der Waals surface area contributed by atoms with Crippen molar-refractivity contribution in [2.45, 2.75) is 0 Å². The molecule has 0 saturated heterocycles. The van der Waals surface area contributed by atoms with E-state index in [2.05, 4.69) is 41.9 Å². The Labute approximate surface area is 123 Å². The van der Waals surface area contributed by atoms with E-state index in [1.807, 2.05) is 6.07 Å². The molecule has 1 aromatic rings. The third-order valence-corrected chi connectivity index (χ3v) is 3.86. The summed E-state index contributed by atoms with van der Waals surface area (Å²) < 4.78 is 25.4. The second kappa shape index (κ2) is 6.65. The van der Waals surface area contributed by atoms with Gasteiger partial charge in [-0.2, -0.15) is 0 Å². The monoisotopic (exact) mass is 398 g/mol. The zero-order chi connectivity index (χ0) is 13.8. The van der Waals surface area contributed by atoms with Gasteiger partial charge in [0, 0.05) is 22.0 Å². The third-order valence-electron chi connectivity index (χ3n) is 1.95. The van der Waals surface area contributed by atoms with Crippen LogP contribution in [0.2, 0.25) is 0 Å². The average molecular weight is 400 g/mol. The van der Waals surface area contributed by atoms with E-state index < -0.39 is 10.0 Å². The summed E-state index contributed by atoms with van der Waals surface area (Å²) in [5.41, 5.74) is 0.490. The Hall–Kier alpha value is -0.440. The lowest BCUT2D eigenvalue weighted by Gasteiger charge is -2.07. The first-order chi connectivity index (χ1) is 8.29. The van der Waals surface area contributed by atoms with Crippen molar-refractivity contribution < 1.29 is 13.2 Å². The zero-order valence-corrected chi connectivity index (χ0v) is 13.5. The maximum absolute atomic E-state index is 11.8. The number of hydrogen-bond donors (Lipinski definition) is 2. The molecule has 0 aliphatic rings. The van der Waals surface area contributed by atoms with Crippen LogP contribution in [0, 0.1) is 0 Å². The van der Waals surface area contributed by atoms with Gasteiger partial charge in [0.1, 0.15) is 0 Å². The van der Waals surface area contributed by atoms with Gasteiger partial charge in [-0.1, -0.05) is 15.9 Å². The third kappa shape index (κ3) is 5.47. The average Bonchev–Trinajstić information content (AvgIpc) is 2.26. The highest BCUT2D eigenvalue weighted by molar-refractivity contribution is 9.11. The van der Waals surface area contributed by atoms with Crippen molar-refractivity contribution in [3.05, 3.63) is 32.7 Å². The van der Waals surface area contributed by atoms with Crippen LogP contribution in [0.4, 0.5) is 0 Å². The summed E-state index contributed by atoms with van der Waals surface area (Å²) in [6, 6.07) is 5.25. The van der Waals surface area contributed by atoms with E-state index in [9.17, 15) is 13.2 Å². The molecule has 8 heteroatoms. The molecule has 0 heterocycles. The summed E-state index contributed by atoms with van der Waals surface area (Å²) in [6.45, 7) is 0.390. The molecule has 1 rings (SSSR count). The number of hydrogen-bond acceptors (Lipinski definition) is 3. The van der Waals surface area contributed by atoms with Gasteiger partial charge in [0.25, 0.3) is 5.91 Å². The van der Waals surface area contributed by atoms with E-state index in [0.29, 0.717) is 10.0 Å². The SMILES string of the molecule is CS(=O)(=O)NCCNC(=O)c1cc(Br)ccc1Br. The van der Waals surface area contributed by atoms with Gasteiger partial charge in [0.15, 0.2) is 0 Å². The van der Waals surface area contributed by atoms with Crippen LogP contribution in [-0.2, 0) is 10.0 Å². The fourth-order valence-electron chi connectivity index (χ4n) is 1.18. The van der Waals surface area contributed by atoms with Crippen LogP contribution < -0.4 is 10.0 Å². The van der Waals surface area contributed by atoms with E-state index in [1.54, 1.807) is 12.1 Å². The second-order valence-electron chi connectivity index (χ2n) is 3.55. The normalized spacial score (nSPS) is 11.3. The Morgan fingerprint density at radius 3 is 2.56 bits per heavy atom. The van der Waals surface area contributed by atoms with Crippen LogP contribution in [0.5, 0.6) is 0 Å². The first-order valence-electron chi connectivity index (χ1n) is 4.97. The highest BCUT2D eigenvalue weighted by Gasteiger charge is 2.10. The first kappa shape index (κ1) is 15.6. The predicted octanol–water partition coefficient (Wildman–Crippen LogP) is 1.49. The van der Waals surface area contributed by atoms with Crippen LogP contribution >= 0.6 is 31.9 Å². The van der Waals surface area contributed by atoms with Crippen molar-refractivity contribution >= 4 is 47.8 Å². The van der Waals surface area contributed by atoms with Gasteiger partial charge in [-0.15, -0.1) is 0 Å². The zero-order valence-electron chi connectivity index (χ0n) is 9.54. The molecule has 2 N–H and O–H groups in total. The maximum Gasteiger partial charge on any atom is 0.252 e. The van der Waals surface area contributed by atoms with E-state index in [1.165, 1.54) is 0 Å². The Morgan fingerprint density at radius 1 is 1.28 bits per heavy atom. The fraction of sp³-hybridized carbons (Fsp3) is 0.300. The van der Waals surface area contributed by atoms with Crippen LogP contribution in [0.3, 0.4) is 0 Å². The number of carbonyl (C=O) groups excluding carboxylic acids is 1. The van der Waals surface area contributed by atoms with E-state index in [-0.39, 0.29) is 19.0 Å². The lowest BCUT2D eigenvalue weighted by atomic mass is 10.2. The highest BCUT2D eigenvalue weighted by Crippen LogP contribution is 2.21. The predicted molar refractivity (Wildman–Crippen MR) is 77.0 cm³/mol. The van der Waals surface area contributed by atoms with Crippen LogP contribution in [0.1, 0.15) is 10.4 Å². The lowest BCUT2D eigenvalue weighted by Crippen LogP contribution is -2.34. The Balaban J connectivity index is 2.53. The minimum Gasteiger partial charge on any atom is -0.351 e. The molecule has 0 saturated carbocycles. The minimum absolute atomic E-state index is 0.163. The number of sulfonamides is 1. The number of rotatable bonds is 5. The molecule has 0 aliphatic carbocycles. The standard InChI is InChI=1S/C10H12Br2N2O3S/c1-18(16,17)14-5-4-13-10(15)8-6-7(11)2-3-9(8)12/h2-3,6,14H,4-5H2,1H3,(H,13,15). The van der Waals surface area contributed by atoms with Gasteiger partial charge in [0.05, 0.1) is 11.8 Å². The molecule has 100 valence electrons. The molecule has 0 spiro atoms. The minimum atomic E-state index is -3.22. The molecule has 1 aromatic carbocycles. The molecule has 18 heavy (non-hydrogen) atoms. The van der Waals surface area contributed by atoms with Crippen molar-refractivity contribution in [1.82, 2.24) is 10.0 Å². The molecule has 1 amide bonds. The summed E-state index contributed by atoms with van der Waals surface area (Å²) in [6.07, 6.45) is 1.07. The number of nitrogens with one attached hydrogen (secondary N) is 2. The molecular weight excluding hydrogens is 388 g/mol. The Morgan fingerprint density at radius 2 is 1.94 bits per heavy atom. The van der Waals surface area contributed by atoms with Crippen LogP contribution in [0.25, 0.3) is 0 Å². The van der Waals surface area contributed by atoms with E-state index >= 15 is 0 Å². The van der Waals surface area contributed by atoms with E-state index in [4.69, 9.17) is 0 Å². The number of amides is 1. The molecule has 0 aliphatic heterocycles. The summed E-state index contributed by atoms with van der Waals surface area (Å²) in [5, 5.41) is 2.62. The van der Waals surface area contributed by atoms with Gasteiger partial charge >= 0.3 is 0 Å². The molecular formula is C10H12Br2N2O3S. The quantitative estimate of drug-likeness (QED) is 0.736. The van der Waals surface area contributed by atoms with Crippen molar-refractivity contribution in [1.29, 1.82) is 0 Å². The Kier molecular flexibility index (Phi) is 5.77.